The third-order valence-corrected chi connectivity index (χ3v) is 2.90. The standard InChI is InChI=1S/C15H17NO3/c1-3-7-11(4-2)16-15(17)14-10-18-12-8-5-6-9-13(12)19-14/h2,5-6,8-9,11,14H,3,7,10H2,1H3,(H,16,17). The molecule has 0 radical (unpaired) electrons. The van der Waals surface area contributed by atoms with E-state index in [1.165, 1.54) is 0 Å². The van der Waals surface area contributed by atoms with E-state index in [0.29, 0.717) is 11.5 Å². The van der Waals surface area contributed by atoms with Crippen molar-refractivity contribution in [3.8, 4) is 23.8 Å². The number of amides is 1. The van der Waals surface area contributed by atoms with Gasteiger partial charge in [0, 0.05) is 0 Å². The number of rotatable bonds is 4. The molecule has 4 nitrogen and oxygen atoms in total. The van der Waals surface area contributed by atoms with Crippen LogP contribution in [-0.2, 0) is 4.79 Å². The average Bonchev–Trinajstić information content (AvgIpc) is 2.46. The molecule has 1 heterocycles. The van der Waals surface area contributed by atoms with Gasteiger partial charge in [0.1, 0.15) is 6.61 Å². The second-order valence-corrected chi connectivity index (χ2v) is 4.38. The van der Waals surface area contributed by atoms with Crippen molar-refractivity contribution >= 4 is 5.91 Å². The first-order valence-corrected chi connectivity index (χ1v) is 6.39. The molecule has 19 heavy (non-hydrogen) atoms. The first kappa shape index (κ1) is 13.3. The molecular weight excluding hydrogens is 242 g/mol. The van der Waals surface area contributed by atoms with Crippen molar-refractivity contribution in [3.05, 3.63) is 24.3 Å². The number of benzene rings is 1. The lowest BCUT2D eigenvalue weighted by atomic mass is 10.1. The molecule has 1 aromatic rings. The Morgan fingerprint density at radius 2 is 2.26 bits per heavy atom. The summed E-state index contributed by atoms with van der Waals surface area (Å²) in [7, 11) is 0. The highest BCUT2D eigenvalue weighted by Crippen LogP contribution is 2.30. The number of ether oxygens (including phenoxy) is 2. The maximum Gasteiger partial charge on any atom is 0.265 e. The van der Waals surface area contributed by atoms with E-state index < -0.39 is 6.10 Å². The lowest BCUT2D eigenvalue weighted by Crippen LogP contribution is -2.47. The summed E-state index contributed by atoms with van der Waals surface area (Å²) in [4.78, 5) is 12.0. The number of hydrogen-bond donors (Lipinski definition) is 1. The van der Waals surface area contributed by atoms with E-state index in [1.54, 1.807) is 6.07 Å². The summed E-state index contributed by atoms with van der Waals surface area (Å²) in [6.45, 7) is 2.22. The van der Waals surface area contributed by atoms with Gasteiger partial charge in [0.15, 0.2) is 11.5 Å². The Hall–Kier alpha value is -2.15. The summed E-state index contributed by atoms with van der Waals surface area (Å²) in [5.41, 5.74) is 0. The monoisotopic (exact) mass is 259 g/mol. The molecule has 0 aliphatic carbocycles. The minimum atomic E-state index is -0.650. The Morgan fingerprint density at radius 3 is 2.95 bits per heavy atom. The maximum absolute atomic E-state index is 12.0. The number of carbonyl (C=O) groups excluding carboxylic acids is 1. The molecule has 1 amide bonds. The van der Waals surface area contributed by atoms with E-state index in [0.717, 1.165) is 12.8 Å². The predicted molar refractivity (Wildman–Crippen MR) is 72.0 cm³/mol. The van der Waals surface area contributed by atoms with Crippen molar-refractivity contribution in [1.29, 1.82) is 0 Å². The molecule has 0 spiro atoms. The fourth-order valence-electron chi connectivity index (χ4n) is 1.90. The second-order valence-electron chi connectivity index (χ2n) is 4.38. The smallest absolute Gasteiger partial charge is 0.265 e. The van der Waals surface area contributed by atoms with Gasteiger partial charge in [-0.25, -0.2) is 0 Å². The molecule has 0 saturated heterocycles. The van der Waals surface area contributed by atoms with Gasteiger partial charge < -0.3 is 14.8 Å². The summed E-state index contributed by atoms with van der Waals surface area (Å²) in [5.74, 6) is 3.58. The lowest BCUT2D eigenvalue weighted by molar-refractivity contribution is -0.130. The van der Waals surface area contributed by atoms with Crippen molar-refractivity contribution in [2.45, 2.75) is 31.9 Å². The fraction of sp³-hybridized carbons (Fsp3) is 0.400. The topological polar surface area (TPSA) is 47.6 Å². The zero-order valence-electron chi connectivity index (χ0n) is 10.9. The SMILES string of the molecule is C#CC(CCC)NC(=O)C1COc2ccccc2O1. The van der Waals surface area contributed by atoms with Crippen LogP contribution in [0.15, 0.2) is 24.3 Å². The van der Waals surface area contributed by atoms with E-state index in [-0.39, 0.29) is 18.6 Å². The Balaban J connectivity index is 1.97. The molecule has 1 aromatic carbocycles. The van der Waals surface area contributed by atoms with Crippen LogP contribution in [0.4, 0.5) is 0 Å². The Morgan fingerprint density at radius 1 is 1.53 bits per heavy atom. The number of terminal acetylenes is 1. The quantitative estimate of drug-likeness (QED) is 0.838. The van der Waals surface area contributed by atoms with E-state index in [2.05, 4.69) is 11.2 Å². The highest BCUT2D eigenvalue weighted by atomic mass is 16.6. The summed E-state index contributed by atoms with van der Waals surface area (Å²) in [6.07, 6.45) is 6.40. The van der Waals surface area contributed by atoms with Gasteiger partial charge in [-0.15, -0.1) is 6.42 Å². The molecular formula is C15H17NO3. The molecule has 0 saturated carbocycles. The largest absolute Gasteiger partial charge is 0.485 e. The summed E-state index contributed by atoms with van der Waals surface area (Å²) in [5, 5.41) is 2.79. The molecule has 0 bridgehead atoms. The molecule has 1 N–H and O–H groups in total. The highest BCUT2D eigenvalue weighted by Gasteiger charge is 2.28. The first-order valence-electron chi connectivity index (χ1n) is 6.39. The fourth-order valence-corrected chi connectivity index (χ4v) is 1.90. The summed E-state index contributed by atoms with van der Waals surface area (Å²) >= 11 is 0. The Bertz CT molecular complexity index is 492. The zero-order valence-corrected chi connectivity index (χ0v) is 10.9. The maximum atomic E-state index is 12.0. The first-order chi connectivity index (χ1) is 9.24. The minimum absolute atomic E-state index is 0.201. The Kier molecular flexibility index (Phi) is 4.30. The van der Waals surface area contributed by atoms with Gasteiger partial charge in [0.2, 0.25) is 6.10 Å². The summed E-state index contributed by atoms with van der Waals surface area (Å²) < 4.78 is 11.1. The molecule has 100 valence electrons. The van der Waals surface area contributed by atoms with Gasteiger partial charge in [0.25, 0.3) is 5.91 Å². The van der Waals surface area contributed by atoms with Crippen LogP contribution in [0.5, 0.6) is 11.5 Å². The van der Waals surface area contributed by atoms with Crippen molar-refractivity contribution < 1.29 is 14.3 Å². The number of carbonyl (C=O) groups is 1. The third kappa shape index (κ3) is 3.19. The predicted octanol–water partition coefficient (Wildman–Crippen LogP) is 1.74. The lowest BCUT2D eigenvalue weighted by Gasteiger charge is -2.26. The van der Waals surface area contributed by atoms with Crippen LogP contribution < -0.4 is 14.8 Å². The molecule has 4 heteroatoms. The van der Waals surface area contributed by atoms with Crippen molar-refractivity contribution in [2.24, 2.45) is 0 Å². The van der Waals surface area contributed by atoms with Crippen LogP contribution in [0.2, 0.25) is 0 Å². The molecule has 2 rings (SSSR count). The normalized spacial score (nSPS) is 18.2. The number of para-hydroxylation sites is 2. The van der Waals surface area contributed by atoms with Crippen LogP contribution in [0.3, 0.4) is 0 Å². The third-order valence-electron chi connectivity index (χ3n) is 2.90. The van der Waals surface area contributed by atoms with Crippen LogP contribution >= 0.6 is 0 Å². The highest BCUT2D eigenvalue weighted by molar-refractivity contribution is 5.82. The molecule has 1 aliphatic heterocycles. The second kappa shape index (κ2) is 6.14. The molecule has 0 aromatic heterocycles. The Labute approximate surface area is 113 Å². The van der Waals surface area contributed by atoms with E-state index >= 15 is 0 Å². The van der Waals surface area contributed by atoms with E-state index in [1.807, 2.05) is 25.1 Å². The minimum Gasteiger partial charge on any atom is -0.485 e. The number of fused-ring (bicyclic) bond motifs is 1. The van der Waals surface area contributed by atoms with Gasteiger partial charge in [-0.2, -0.15) is 0 Å². The summed E-state index contributed by atoms with van der Waals surface area (Å²) in [6, 6.07) is 7.03. The molecule has 1 aliphatic rings. The van der Waals surface area contributed by atoms with Gasteiger partial charge in [-0.1, -0.05) is 31.4 Å². The zero-order chi connectivity index (χ0) is 13.7. The van der Waals surface area contributed by atoms with Crippen LogP contribution in [0, 0.1) is 12.3 Å². The molecule has 2 unspecified atom stereocenters. The van der Waals surface area contributed by atoms with Crippen molar-refractivity contribution in [3.63, 3.8) is 0 Å². The van der Waals surface area contributed by atoms with Crippen LogP contribution in [-0.4, -0.2) is 24.7 Å². The molecule has 2 atom stereocenters. The van der Waals surface area contributed by atoms with Gasteiger partial charge >= 0.3 is 0 Å². The van der Waals surface area contributed by atoms with Crippen molar-refractivity contribution in [2.75, 3.05) is 6.61 Å². The van der Waals surface area contributed by atoms with Crippen LogP contribution in [0.1, 0.15) is 19.8 Å². The van der Waals surface area contributed by atoms with Gasteiger partial charge in [-0.05, 0) is 18.6 Å². The van der Waals surface area contributed by atoms with Crippen LogP contribution in [0.25, 0.3) is 0 Å². The number of hydrogen-bond acceptors (Lipinski definition) is 3. The molecule has 0 fully saturated rings. The van der Waals surface area contributed by atoms with E-state index in [9.17, 15) is 4.79 Å². The van der Waals surface area contributed by atoms with Crippen molar-refractivity contribution in [1.82, 2.24) is 5.32 Å². The van der Waals surface area contributed by atoms with E-state index in [4.69, 9.17) is 15.9 Å². The van der Waals surface area contributed by atoms with Gasteiger partial charge in [-0.3, -0.25) is 4.79 Å². The van der Waals surface area contributed by atoms with Gasteiger partial charge in [0.05, 0.1) is 6.04 Å². The number of nitrogens with one attached hydrogen (secondary N) is 1. The average molecular weight is 259 g/mol.